The van der Waals surface area contributed by atoms with Crippen LogP contribution in [-0.4, -0.2) is 18.9 Å². The normalized spacial score (nSPS) is 9.67. The van der Waals surface area contributed by atoms with Crippen LogP contribution in [0.15, 0.2) is 24.3 Å². The Balaban J connectivity index is 2.68. The number of aldehydes is 1. The van der Waals surface area contributed by atoms with E-state index in [0.29, 0.717) is 24.0 Å². The SMILES string of the molecule is CCCCOC(=O)c1ccccc1C=O. The lowest BCUT2D eigenvalue weighted by Gasteiger charge is -2.05. The molecule has 3 heteroatoms. The van der Waals surface area contributed by atoms with E-state index in [1.54, 1.807) is 24.3 Å². The molecule has 0 heterocycles. The van der Waals surface area contributed by atoms with Gasteiger partial charge < -0.3 is 4.74 Å². The van der Waals surface area contributed by atoms with Crippen LogP contribution in [0.3, 0.4) is 0 Å². The zero-order valence-electron chi connectivity index (χ0n) is 8.73. The molecule has 3 nitrogen and oxygen atoms in total. The minimum Gasteiger partial charge on any atom is -0.462 e. The maximum atomic E-state index is 11.5. The highest BCUT2D eigenvalue weighted by atomic mass is 16.5. The van der Waals surface area contributed by atoms with Crippen molar-refractivity contribution < 1.29 is 14.3 Å². The summed E-state index contributed by atoms with van der Waals surface area (Å²) in [5, 5.41) is 0. The summed E-state index contributed by atoms with van der Waals surface area (Å²) in [4.78, 5) is 22.2. The van der Waals surface area contributed by atoms with Crippen LogP contribution in [0.2, 0.25) is 0 Å². The van der Waals surface area contributed by atoms with E-state index in [2.05, 4.69) is 0 Å². The minimum absolute atomic E-state index is 0.337. The van der Waals surface area contributed by atoms with E-state index in [0.717, 1.165) is 12.8 Å². The Labute approximate surface area is 89.1 Å². The highest BCUT2D eigenvalue weighted by molar-refractivity contribution is 5.98. The summed E-state index contributed by atoms with van der Waals surface area (Å²) in [7, 11) is 0. The van der Waals surface area contributed by atoms with Crippen molar-refractivity contribution >= 4 is 12.3 Å². The van der Waals surface area contributed by atoms with Crippen molar-refractivity contribution in [1.82, 2.24) is 0 Å². The van der Waals surface area contributed by atoms with Gasteiger partial charge in [-0.3, -0.25) is 4.79 Å². The molecule has 1 rings (SSSR count). The highest BCUT2D eigenvalue weighted by Gasteiger charge is 2.10. The van der Waals surface area contributed by atoms with Gasteiger partial charge in [0.05, 0.1) is 12.2 Å². The Morgan fingerprint density at radius 1 is 1.40 bits per heavy atom. The molecule has 1 aromatic rings. The van der Waals surface area contributed by atoms with Gasteiger partial charge in [-0.15, -0.1) is 0 Å². The molecule has 0 aromatic heterocycles. The first-order valence-electron chi connectivity index (χ1n) is 5.01. The van der Waals surface area contributed by atoms with Gasteiger partial charge in [-0.1, -0.05) is 31.5 Å². The van der Waals surface area contributed by atoms with Gasteiger partial charge in [0, 0.05) is 5.56 Å². The van der Waals surface area contributed by atoms with Crippen molar-refractivity contribution in [3.05, 3.63) is 35.4 Å². The van der Waals surface area contributed by atoms with E-state index in [1.165, 1.54) is 0 Å². The Bertz CT molecular complexity index is 344. The van der Waals surface area contributed by atoms with E-state index in [4.69, 9.17) is 4.74 Å². The summed E-state index contributed by atoms with van der Waals surface area (Å²) in [6.07, 6.45) is 2.48. The van der Waals surface area contributed by atoms with Gasteiger partial charge in [-0.05, 0) is 12.5 Å². The molecule has 0 fully saturated rings. The number of hydrogen-bond donors (Lipinski definition) is 0. The van der Waals surface area contributed by atoms with Crippen LogP contribution in [0.5, 0.6) is 0 Å². The lowest BCUT2D eigenvalue weighted by Crippen LogP contribution is -2.08. The molecule has 0 spiro atoms. The van der Waals surface area contributed by atoms with Gasteiger partial charge in [0.25, 0.3) is 0 Å². The summed E-state index contributed by atoms with van der Waals surface area (Å²) >= 11 is 0. The van der Waals surface area contributed by atoms with Crippen molar-refractivity contribution in [1.29, 1.82) is 0 Å². The first-order chi connectivity index (χ1) is 7.29. The molecule has 80 valence electrons. The maximum Gasteiger partial charge on any atom is 0.338 e. The lowest BCUT2D eigenvalue weighted by molar-refractivity contribution is 0.0497. The number of benzene rings is 1. The Morgan fingerprint density at radius 2 is 2.13 bits per heavy atom. The van der Waals surface area contributed by atoms with E-state index in [1.807, 2.05) is 6.92 Å². The minimum atomic E-state index is -0.425. The number of unbranched alkanes of at least 4 members (excludes halogenated alkanes) is 1. The Morgan fingerprint density at radius 3 is 2.80 bits per heavy atom. The van der Waals surface area contributed by atoms with Crippen LogP contribution in [0.1, 0.15) is 40.5 Å². The molecule has 0 bridgehead atoms. The first kappa shape index (κ1) is 11.4. The summed E-state index contributed by atoms with van der Waals surface area (Å²) in [6, 6.07) is 6.62. The molecule has 0 unspecified atom stereocenters. The maximum absolute atomic E-state index is 11.5. The molecule has 0 atom stereocenters. The van der Waals surface area contributed by atoms with Gasteiger partial charge >= 0.3 is 5.97 Å². The molecular weight excluding hydrogens is 192 g/mol. The monoisotopic (exact) mass is 206 g/mol. The Kier molecular flexibility index (Phi) is 4.54. The molecular formula is C12H14O3. The fourth-order valence-corrected chi connectivity index (χ4v) is 1.17. The van der Waals surface area contributed by atoms with E-state index in [9.17, 15) is 9.59 Å². The number of esters is 1. The lowest BCUT2D eigenvalue weighted by atomic mass is 10.1. The smallest absolute Gasteiger partial charge is 0.338 e. The molecule has 0 aliphatic carbocycles. The quantitative estimate of drug-likeness (QED) is 0.422. The van der Waals surface area contributed by atoms with Crippen molar-refractivity contribution in [2.45, 2.75) is 19.8 Å². The largest absolute Gasteiger partial charge is 0.462 e. The summed E-state index contributed by atoms with van der Waals surface area (Å²) < 4.78 is 5.01. The predicted octanol–water partition coefficient (Wildman–Crippen LogP) is 2.46. The van der Waals surface area contributed by atoms with Gasteiger partial charge in [-0.2, -0.15) is 0 Å². The fourth-order valence-electron chi connectivity index (χ4n) is 1.17. The third-order valence-electron chi connectivity index (χ3n) is 2.04. The van der Waals surface area contributed by atoms with E-state index in [-0.39, 0.29) is 0 Å². The van der Waals surface area contributed by atoms with E-state index < -0.39 is 5.97 Å². The topological polar surface area (TPSA) is 43.4 Å². The van der Waals surface area contributed by atoms with Crippen LogP contribution in [0, 0.1) is 0 Å². The average Bonchev–Trinajstić information content (AvgIpc) is 2.29. The van der Waals surface area contributed by atoms with Gasteiger partial charge in [0.15, 0.2) is 6.29 Å². The van der Waals surface area contributed by atoms with Crippen LogP contribution in [0.4, 0.5) is 0 Å². The zero-order valence-corrected chi connectivity index (χ0v) is 8.73. The molecule has 0 N–H and O–H groups in total. The third kappa shape index (κ3) is 3.20. The fraction of sp³-hybridized carbons (Fsp3) is 0.333. The van der Waals surface area contributed by atoms with Crippen LogP contribution >= 0.6 is 0 Å². The van der Waals surface area contributed by atoms with Crippen molar-refractivity contribution in [2.24, 2.45) is 0 Å². The first-order valence-corrected chi connectivity index (χ1v) is 5.01. The second-order valence-electron chi connectivity index (χ2n) is 3.19. The zero-order chi connectivity index (χ0) is 11.1. The number of carbonyl (C=O) groups excluding carboxylic acids is 2. The molecule has 0 aliphatic heterocycles. The Hall–Kier alpha value is -1.64. The number of carbonyl (C=O) groups is 2. The standard InChI is InChI=1S/C12H14O3/c1-2-3-8-15-12(14)11-7-5-4-6-10(11)9-13/h4-7,9H,2-3,8H2,1H3. The predicted molar refractivity (Wildman–Crippen MR) is 57.0 cm³/mol. The molecule has 0 aliphatic rings. The highest BCUT2D eigenvalue weighted by Crippen LogP contribution is 2.08. The van der Waals surface area contributed by atoms with Crippen molar-refractivity contribution in [2.75, 3.05) is 6.61 Å². The third-order valence-corrected chi connectivity index (χ3v) is 2.04. The molecule has 0 saturated carbocycles. The summed E-state index contributed by atoms with van der Waals surface area (Å²) in [5.41, 5.74) is 0.711. The van der Waals surface area contributed by atoms with Crippen LogP contribution in [0.25, 0.3) is 0 Å². The van der Waals surface area contributed by atoms with Gasteiger partial charge in [-0.25, -0.2) is 4.79 Å². The second-order valence-corrected chi connectivity index (χ2v) is 3.19. The van der Waals surface area contributed by atoms with E-state index >= 15 is 0 Å². The second kappa shape index (κ2) is 5.96. The molecule has 15 heavy (non-hydrogen) atoms. The molecule has 0 saturated heterocycles. The number of ether oxygens (including phenoxy) is 1. The van der Waals surface area contributed by atoms with Crippen molar-refractivity contribution in [3.63, 3.8) is 0 Å². The van der Waals surface area contributed by atoms with Gasteiger partial charge in [0.1, 0.15) is 0 Å². The summed E-state index contributed by atoms with van der Waals surface area (Å²) in [5.74, 6) is -0.425. The number of hydrogen-bond acceptors (Lipinski definition) is 3. The summed E-state index contributed by atoms with van der Waals surface area (Å²) in [6.45, 7) is 2.43. The number of rotatable bonds is 5. The molecule has 0 amide bonds. The van der Waals surface area contributed by atoms with Crippen LogP contribution in [-0.2, 0) is 4.74 Å². The van der Waals surface area contributed by atoms with Gasteiger partial charge in [0.2, 0.25) is 0 Å². The molecule has 0 radical (unpaired) electrons. The average molecular weight is 206 g/mol. The van der Waals surface area contributed by atoms with Crippen LogP contribution < -0.4 is 0 Å². The van der Waals surface area contributed by atoms with Crippen molar-refractivity contribution in [3.8, 4) is 0 Å². The molecule has 1 aromatic carbocycles.